The Morgan fingerprint density at radius 2 is 1.89 bits per heavy atom. The second-order valence-corrected chi connectivity index (χ2v) is 10.3. The molecule has 2 aromatic carbocycles. The fourth-order valence-electron chi connectivity index (χ4n) is 3.44. The van der Waals surface area contributed by atoms with Gasteiger partial charge in [0.1, 0.15) is 5.82 Å². The van der Waals surface area contributed by atoms with Crippen LogP contribution in [-0.2, 0) is 22.1 Å². The van der Waals surface area contributed by atoms with Crippen LogP contribution in [0.2, 0.25) is 5.02 Å². The summed E-state index contributed by atoms with van der Waals surface area (Å²) >= 11 is 7.41. The van der Waals surface area contributed by atoms with Crippen LogP contribution in [0.25, 0.3) is 0 Å². The summed E-state index contributed by atoms with van der Waals surface area (Å²) in [6.45, 7) is 0.553. The number of amidine groups is 1. The van der Waals surface area contributed by atoms with Crippen molar-refractivity contribution in [1.29, 1.82) is 0 Å². The minimum Gasteiger partial charge on any atom is -0.341 e. The predicted molar refractivity (Wildman–Crippen MR) is 108 cm³/mol. The molecule has 0 bridgehead atoms. The standard InChI is InChI=1S/C19H18ClFN2O2S2/c20-15-7-5-13(6-8-15)9-23-18-12-27(24,25)11-17(18)22-19(23)26-10-14-3-1-2-4-16(14)21/h1-8,17-18H,9-12H2/t17-,18-/m0/s1. The molecule has 4 rings (SSSR count). The molecular weight excluding hydrogens is 407 g/mol. The van der Waals surface area contributed by atoms with Gasteiger partial charge in [0.05, 0.1) is 23.6 Å². The lowest BCUT2D eigenvalue weighted by Crippen LogP contribution is -2.38. The number of halogens is 2. The first kappa shape index (κ1) is 18.8. The number of aliphatic imine (C=N–C) groups is 1. The topological polar surface area (TPSA) is 49.7 Å². The van der Waals surface area contributed by atoms with Gasteiger partial charge in [-0.2, -0.15) is 0 Å². The van der Waals surface area contributed by atoms with Gasteiger partial charge in [0.2, 0.25) is 0 Å². The fraction of sp³-hybridized carbons (Fsp3) is 0.316. The van der Waals surface area contributed by atoms with Gasteiger partial charge in [-0.1, -0.05) is 53.7 Å². The van der Waals surface area contributed by atoms with E-state index in [0.717, 1.165) is 10.7 Å². The predicted octanol–water partition coefficient (Wildman–Crippen LogP) is 3.75. The van der Waals surface area contributed by atoms with Gasteiger partial charge in [-0.25, -0.2) is 12.8 Å². The Morgan fingerprint density at radius 1 is 1.15 bits per heavy atom. The molecule has 2 aliphatic heterocycles. The molecule has 2 aromatic rings. The van der Waals surface area contributed by atoms with Crippen LogP contribution >= 0.6 is 23.4 Å². The van der Waals surface area contributed by atoms with Crippen LogP contribution in [-0.4, -0.2) is 42.1 Å². The molecule has 0 amide bonds. The van der Waals surface area contributed by atoms with Gasteiger partial charge in [0, 0.05) is 17.3 Å². The molecule has 0 aromatic heterocycles. The van der Waals surface area contributed by atoms with E-state index in [0.29, 0.717) is 22.9 Å². The second kappa shape index (κ2) is 7.45. The van der Waals surface area contributed by atoms with Gasteiger partial charge in [0.25, 0.3) is 0 Å². The van der Waals surface area contributed by atoms with E-state index in [2.05, 4.69) is 4.99 Å². The lowest BCUT2D eigenvalue weighted by atomic mass is 10.1. The Labute approximate surface area is 167 Å². The molecule has 1 fully saturated rings. The number of benzene rings is 2. The van der Waals surface area contributed by atoms with Gasteiger partial charge < -0.3 is 4.90 Å². The zero-order valence-electron chi connectivity index (χ0n) is 14.4. The lowest BCUT2D eigenvalue weighted by molar-refractivity contribution is 0.343. The maximum Gasteiger partial charge on any atom is 0.160 e. The molecule has 2 atom stereocenters. The van der Waals surface area contributed by atoms with E-state index < -0.39 is 9.84 Å². The summed E-state index contributed by atoms with van der Waals surface area (Å²) in [6.07, 6.45) is 0. The van der Waals surface area contributed by atoms with Crippen molar-refractivity contribution in [2.75, 3.05) is 11.5 Å². The van der Waals surface area contributed by atoms with Gasteiger partial charge in [-0.3, -0.25) is 4.99 Å². The molecule has 2 heterocycles. The Hall–Kier alpha value is -1.57. The highest BCUT2D eigenvalue weighted by atomic mass is 35.5. The number of nitrogens with zero attached hydrogens (tertiary/aromatic N) is 2. The number of hydrogen-bond donors (Lipinski definition) is 0. The number of hydrogen-bond acceptors (Lipinski definition) is 5. The number of sulfone groups is 1. The number of thioether (sulfide) groups is 1. The zero-order valence-corrected chi connectivity index (χ0v) is 16.8. The van der Waals surface area contributed by atoms with Crippen LogP contribution in [0.15, 0.2) is 53.5 Å². The van der Waals surface area contributed by atoms with Crippen molar-refractivity contribution in [3.8, 4) is 0 Å². The summed E-state index contributed by atoms with van der Waals surface area (Å²) in [5.74, 6) is 0.405. The third kappa shape index (κ3) is 4.15. The summed E-state index contributed by atoms with van der Waals surface area (Å²) in [7, 11) is -3.07. The first-order valence-corrected chi connectivity index (χ1v) is 11.8. The maximum absolute atomic E-state index is 13.9. The Bertz CT molecular complexity index is 979. The van der Waals surface area contributed by atoms with E-state index in [1.54, 1.807) is 12.1 Å². The molecule has 1 saturated heterocycles. The normalized spacial score (nSPS) is 23.3. The quantitative estimate of drug-likeness (QED) is 0.750. The summed E-state index contributed by atoms with van der Waals surface area (Å²) in [4.78, 5) is 6.71. The van der Waals surface area contributed by atoms with Crippen LogP contribution in [0.1, 0.15) is 11.1 Å². The van der Waals surface area contributed by atoms with Crippen LogP contribution in [0.5, 0.6) is 0 Å². The first-order chi connectivity index (χ1) is 12.9. The molecule has 0 radical (unpaired) electrons. The minimum atomic E-state index is -3.07. The van der Waals surface area contributed by atoms with Gasteiger partial charge in [0.15, 0.2) is 15.0 Å². The molecule has 2 aliphatic rings. The van der Waals surface area contributed by atoms with Crippen molar-refractivity contribution < 1.29 is 12.8 Å². The average molecular weight is 425 g/mol. The lowest BCUT2D eigenvalue weighted by Gasteiger charge is -2.26. The van der Waals surface area contributed by atoms with Gasteiger partial charge in [-0.15, -0.1) is 0 Å². The van der Waals surface area contributed by atoms with Crippen molar-refractivity contribution in [3.63, 3.8) is 0 Å². The summed E-state index contributed by atoms with van der Waals surface area (Å²) < 4.78 is 38.0. The molecule has 142 valence electrons. The number of fused-ring (bicyclic) bond motifs is 1. The Balaban J connectivity index is 1.55. The third-order valence-electron chi connectivity index (χ3n) is 4.80. The van der Waals surface area contributed by atoms with E-state index >= 15 is 0 Å². The molecule has 8 heteroatoms. The average Bonchev–Trinajstić information content (AvgIpc) is 3.08. The molecule has 0 spiro atoms. The molecule has 27 heavy (non-hydrogen) atoms. The van der Waals surface area contributed by atoms with Crippen molar-refractivity contribution in [3.05, 3.63) is 70.5 Å². The van der Waals surface area contributed by atoms with E-state index in [1.165, 1.54) is 17.8 Å². The smallest absolute Gasteiger partial charge is 0.160 e. The molecular formula is C19H18ClFN2O2S2. The molecule has 0 aliphatic carbocycles. The maximum atomic E-state index is 13.9. The highest BCUT2D eigenvalue weighted by Crippen LogP contribution is 2.33. The van der Waals surface area contributed by atoms with Crippen molar-refractivity contribution in [2.24, 2.45) is 4.99 Å². The Kier molecular flexibility index (Phi) is 5.18. The summed E-state index contributed by atoms with van der Waals surface area (Å²) in [6, 6.07) is 13.8. The van der Waals surface area contributed by atoms with Crippen LogP contribution in [0.3, 0.4) is 0 Å². The van der Waals surface area contributed by atoms with Crippen molar-refractivity contribution >= 4 is 38.4 Å². The van der Waals surface area contributed by atoms with Crippen LogP contribution < -0.4 is 0 Å². The second-order valence-electron chi connectivity index (χ2n) is 6.76. The number of rotatable bonds is 4. The first-order valence-electron chi connectivity index (χ1n) is 8.57. The van der Waals surface area contributed by atoms with Gasteiger partial charge >= 0.3 is 0 Å². The molecule has 0 unspecified atom stereocenters. The van der Waals surface area contributed by atoms with Gasteiger partial charge in [-0.05, 0) is 29.3 Å². The molecule has 0 saturated carbocycles. The largest absolute Gasteiger partial charge is 0.341 e. The van der Waals surface area contributed by atoms with Crippen LogP contribution in [0.4, 0.5) is 4.39 Å². The third-order valence-corrected chi connectivity index (χ3v) is 7.80. The summed E-state index contributed by atoms with van der Waals surface area (Å²) in [5, 5.41) is 1.43. The fourth-order valence-corrected chi connectivity index (χ4v) is 6.53. The highest BCUT2D eigenvalue weighted by molar-refractivity contribution is 8.13. The van der Waals surface area contributed by atoms with Crippen molar-refractivity contribution in [2.45, 2.75) is 24.4 Å². The van der Waals surface area contributed by atoms with Crippen LogP contribution in [0, 0.1) is 5.82 Å². The van der Waals surface area contributed by atoms with E-state index in [9.17, 15) is 12.8 Å². The Morgan fingerprint density at radius 3 is 2.63 bits per heavy atom. The summed E-state index contributed by atoms with van der Waals surface area (Å²) in [5.41, 5.74) is 1.64. The van der Waals surface area contributed by atoms with E-state index in [1.807, 2.05) is 35.2 Å². The molecule has 0 N–H and O–H groups in total. The minimum absolute atomic E-state index is 0.0819. The zero-order chi connectivity index (χ0) is 19.0. The monoisotopic (exact) mass is 424 g/mol. The van der Waals surface area contributed by atoms with E-state index in [-0.39, 0.29) is 29.4 Å². The van der Waals surface area contributed by atoms with E-state index in [4.69, 9.17) is 11.6 Å². The molecule has 4 nitrogen and oxygen atoms in total. The SMILES string of the molecule is O=S1(=O)C[C@@H]2N=C(SCc3ccccc3F)N(Cc3ccc(Cl)cc3)[C@H]2C1. The van der Waals surface area contributed by atoms with Crippen molar-refractivity contribution in [1.82, 2.24) is 4.90 Å². The highest BCUT2D eigenvalue weighted by Gasteiger charge is 2.46.